The molecule has 1 aromatic carbocycles. The maximum atomic E-state index is 12.0. The summed E-state index contributed by atoms with van der Waals surface area (Å²) in [6.07, 6.45) is -3.20. The first-order valence-corrected chi connectivity index (χ1v) is 6.50. The number of rotatable bonds is 3. The van der Waals surface area contributed by atoms with Crippen molar-refractivity contribution in [2.24, 2.45) is 5.73 Å². The van der Waals surface area contributed by atoms with Gasteiger partial charge in [0, 0.05) is 24.8 Å². The van der Waals surface area contributed by atoms with Crippen LogP contribution in [0.4, 0.5) is 23.7 Å². The van der Waals surface area contributed by atoms with Crippen molar-refractivity contribution in [1.29, 1.82) is 0 Å². The molecule has 1 aliphatic heterocycles. The van der Waals surface area contributed by atoms with Crippen molar-refractivity contribution >= 4 is 11.7 Å². The number of urea groups is 1. The molecule has 0 bridgehead atoms. The third-order valence-corrected chi connectivity index (χ3v) is 3.27. The van der Waals surface area contributed by atoms with Crippen LogP contribution in [-0.4, -0.2) is 36.4 Å². The molecule has 0 aliphatic carbocycles. The highest BCUT2D eigenvalue weighted by atomic mass is 19.4. The first-order valence-electron chi connectivity index (χ1n) is 6.50. The number of nitrogens with two attached hydrogens (primary N) is 1. The van der Waals surface area contributed by atoms with Crippen molar-refractivity contribution in [1.82, 2.24) is 4.90 Å². The van der Waals surface area contributed by atoms with Crippen LogP contribution < -0.4 is 15.8 Å². The van der Waals surface area contributed by atoms with Gasteiger partial charge in [0.1, 0.15) is 5.75 Å². The highest BCUT2D eigenvalue weighted by molar-refractivity contribution is 5.72. The van der Waals surface area contributed by atoms with Crippen molar-refractivity contribution in [3.8, 4) is 5.75 Å². The molecule has 0 aromatic heterocycles. The van der Waals surface area contributed by atoms with Gasteiger partial charge in [-0.05, 0) is 37.1 Å². The van der Waals surface area contributed by atoms with Crippen LogP contribution in [0.15, 0.2) is 24.3 Å². The number of carbonyl (C=O) groups is 1. The minimum atomic E-state index is -4.68. The lowest BCUT2D eigenvalue weighted by atomic mass is 10.0. The largest absolute Gasteiger partial charge is 0.573 e. The van der Waals surface area contributed by atoms with Crippen LogP contribution in [0.1, 0.15) is 12.8 Å². The molecule has 1 fully saturated rings. The first kappa shape index (κ1) is 15.3. The number of carbonyl (C=O) groups excluding carboxylic acids is 1. The number of hydrogen-bond donors (Lipinski definition) is 2. The van der Waals surface area contributed by atoms with Gasteiger partial charge in [0.25, 0.3) is 0 Å². The molecule has 1 aliphatic rings. The molecule has 1 aromatic rings. The van der Waals surface area contributed by atoms with Gasteiger partial charge < -0.3 is 20.7 Å². The van der Waals surface area contributed by atoms with Gasteiger partial charge in [-0.2, -0.15) is 0 Å². The summed E-state index contributed by atoms with van der Waals surface area (Å²) in [5, 5.41) is 3.21. The van der Waals surface area contributed by atoms with Crippen LogP contribution in [0, 0.1) is 0 Å². The second-order valence-corrected chi connectivity index (χ2v) is 4.82. The maximum Gasteiger partial charge on any atom is 0.573 e. The number of piperidine rings is 1. The Morgan fingerprint density at radius 1 is 1.24 bits per heavy atom. The lowest BCUT2D eigenvalue weighted by Crippen LogP contribution is -2.44. The number of hydrogen-bond acceptors (Lipinski definition) is 3. The lowest BCUT2D eigenvalue weighted by Gasteiger charge is -2.31. The van der Waals surface area contributed by atoms with Crippen molar-refractivity contribution in [3.05, 3.63) is 24.3 Å². The summed E-state index contributed by atoms with van der Waals surface area (Å²) in [5.41, 5.74) is 5.90. The Morgan fingerprint density at radius 2 is 1.81 bits per heavy atom. The molecule has 2 amide bonds. The van der Waals surface area contributed by atoms with E-state index in [4.69, 9.17) is 5.73 Å². The summed E-state index contributed by atoms with van der Waals surface area (Å²) in [6.45, 7) is 1.14. The van der Waals surface area contributed by atoms with Gasteiger partial charge in [-0.1, -0.05) is 0 Å². The molecule has 2 rings (SSSR count). The predicted octanol–water partition coefficient (Wildman–Crippen LogP) is 2.54. The minimum absolute atomic E-state index is 0.162. The van der Waals surface area contributed by atoms with E-state index in [1.807, 2.05) is 0 Å². The smallest absolute Gasteiger partial charge is 0.406 e. The van der Waals surface area contributed by atoms with E-state index in [0.29, 0.717) is 18.8 Å². The van der Waals surface area contributed by atoms with Gasteiger partial charge >= 0.3 is 12.4 Å². The van der Waals surface area contributed by atoms with Crippen LogP contribution in [0.3, 0.4) is 0 Å². The summed E-state index contributed by atoms with van der Waals surface area (Å²) in [4.78, 5) is 12.6. The fourth-order valence-corrected chi connectivity index (χ4v) is 2.23. The molecule has 1 saturated heterocycles. The monoisotopic (exact) mass is 303 g/mol. The Morgan fingerprint density at radius 3 is 2.29 bits per heavy atom. The summed E-state index contributed by atoms with van der Waals surface area (Å²) >= 11 is 0. The third kappa shape index (κ3) is 4.73. The number of anilines is 1. The van der Waals surface area contributed by atoms with Crippen molar-refractivity contribution in [2.75, 3.05) is 18.4 Å². The number of alkyl halides is 3. The number of likely N-dealkylation sites (tertiary alicyclic amines) is 1. The van der Waals surface area contributed by atoms with E-state index in [9.17, 15) is 18.0 Å². The zero-order valence-corrected chi connectivity index (χ0v) is 11.2. The minimum Gasteiger partial charge on any atom is -0.406 e. The zero-order valence-electron chi connectivity index (χ0n) is 11.2. The topological polar surface area (TPSA) is 67.6 Å². The zero-order chi connectivity index (χ0) is 15.5. The molecule has 3 N–H and O–H groups in total. The third-order valence-electron chi connectivity index (χ3n) is 3.27. The molecule has 1 heterocycles. The standard InChI is InChI=1S/C13H16F3N3O2/c14-13(15,16)21-11-3-1-9(2-4-11)18-10-5-7-19(8-6-10)12(17)20/h1-4,10,18H,5-8H2,(H2,17,20). The predicted molar refractivity (Wildman–Crippen MR) is 70.9 cm³/mol. The number of ether oxygens (including phenoxy) is 1. The molecule has 0 radical (unpaired) electrons. The molecular formula is C13H16F3N3O2. The van der Waals surface area contributed by atoms with E-state index in [-0.39, 0.29) is 11.8 Å². The summed E-state index contributed by atoms with van der Waals surface area (Å²) in [6, 6.07) is 5.31. The normalized spacial score (nSPS) is 16.6. The number of nitrogens with zero attached hydrogens (tertiary/aromatic N) is 1. The average Bonchev–Trinajstić information content (AvgIpc) is 2.40. The summed E-state index contributed by atoms with van der Waals surface area (Å²) in [5.74, 6) is -0.253. The second kappa shape index (κ2) is 6.11. The van der Waals surface area contributed by atoms with E-state index in [0.717, 1.165) is 12.8 Å². The lowest BCUT2D eigenvalue weighted by molar-refractivity contribution is -0.274. The molecule has 21 heavy (non-hydrogen) atoms. The number of amides is 2. The van der Waals surface area contributed by atoms with Crippen molar-refractivity contribution in [3.63, 3.8) is 0 Å². The van der Waals surface area contributed by atoms with Crippen LogP contribution in [0.25, 0.3) is 0 Å². The highest BCUT2D eigenvalue weighted by Crippen LogP contribution is 2.25. The van der Waals surface area contributed by atoms with Crippen molar-refractivity contribution < 1.29 is 22.7 Å². The molecule has 116 valence electrons. The number of primary amides is 1. The van der Waals surface area contributed by atoms with Gasteiger partial charge in [0.2, 0.25) is 0 Å². The van der Waals surface area contributed by atoms with Crippen LogP contribution in [-0.2, 0) is 0 Å². The van der Waals surface area contributed by atoms with E-state index in [1.165, 1.54) is 24.3 Å². The summed E-state index contributed by atoms with van der Waals surface area (Å²) in [7, 11) is 0. The number of nitrogens with one attached hydrogen (secondary N) is 1. The Kier molecular flexibility index (Phi) is 4.44. The Labute approximate surface area is 119 Å². The highest BCUT2D eigenvalue weighted by Gasteiger charge is 2.31. The SMILES string of the molecule is NC(=O)N1CCC(Nc2ccc(OC(F)(F)F)cc2)CC1. The Balaban J connectivity index is 1.85. The average molecular weight is 303 g/mol. The van der Waals surface area contributed by atoms with Gasteiger partial charge in [0.05, 0.1) is 0 Å². The van der Waals surface area contributed by atoms with Gasteiger partial charge in [-0.25, -0.2) is 4.79 Å². The van der Waals surface area contributed by atoms with E-state index >= 15 is 0 Å². The molecule has 0 unspecified atom stereocenters. The molecule has 0 spiro atoms. The van der Waals surface area contributed by atoms with Crippen LogP contribution in [0.2, 0.25) is 0 Å². The fourth-order valence-electron chi connectivity index (χ4n) is 2.23. The number of benzene rings is 1. The van der Waals surface area contributed by atoms with Crippen LogP contribution in [0.5, 0.6) is 5.75 Å². The molecule has 0 saturated carbocycles. The molecule has 0 atom stereocenters. The van der Waals surface area contributed by atoms with Gasteiger partial charge in [-0.3, -0.25) is 0 Å². The molecule has 5 nitrogen and oxygen atoms in total. The quantitative estimate of drug-likeness (QED) is 0.901. The number of halogens is 3. The van der Waals surface area contributed by atoms with Gasteiger partial charge in [-0.15, -0.1) is 13.2 Å². The van der Waals surface area contributed by atoms with E-state index in [1.54, 1.807) is 4.90 Å². The van der Waals surface area contributed by atoms with Crippen LogP contribution >= 0.6 is 0 Å². The van der Waals surface area contributed by atoms with E-state index < -0.39 is 12.4 Å². The molecular weight excluding hydrogens is 287 g/mol. The summed E-state index contributed by atoms with van der Waals surface area (Å²) < 4.78 is 39.9. The first-order chi connectivity index (χ1) is 9.83. The fraction of sp³-hybridized carbons (Fsp3) is 0.462. The van der Waals surface area contributed by atoms with E-state index in [2.05, 4.69) is 10.1 Å². The van der Waals surface area contributed by atoms with Crippen molar-refractivity contribution in [2.45, 2.75) is 25.2 Å². The Bertz CT molecular complexity index is 482. The second-order valence-electron chi connectivity index (χ2n) is 4.82. The molecule has 8 heteroatoms. The maximum absolute atomic E-state index is 12.0. The Hall–Kier alpha value is -2.12. The van der Waals surface area contributed by atoms with Gasteiger partial charge in [0.15, 0.2) is 0 Å².